The first-order valence-electron chi connectivity index (χ1n) is 8.09. The third-order valence-electron chi connectivity index (χ3n) is 3.45. The van der Waals surface area contributed by atoms with Crippen LogP contribution >= 0.6 is 11.3 Å². The highest BCUT2D eigenvalue weighted by atomic mass is 32.1. The van der Waals surface area contributed by atoms with Crippen LogP contribution in [0.5, 0.6) is 0 Å². The second kappa shape index (κ2) is 7.94. The van der Waals surface area contributed by atoms with Crippen LogP contribution in [0.15, 0.2) is 45.6 Å². The molecule has 3 aromatic rings. The summed E-state index contributed by atoms with van der Waals surface area (Å²) in [5.74, 6) is 1.49. The minimum absolute atomic E-state index is 0.0301. The van der Waals surface area contributed by atoms with Gasteiger partial charge in [0.15, 0.2) is 0 Å². The molecule has 0 unspecified atom stereocenters. The second-order valence-corrected chi connectivity index (χ2v) is 6.88. The number of hydrogen-bond donors (Lipinski definition) is 2. The quantitative estimate of drug-likeness (QED) is 0.656. The molecule has 3 rings (SSSR count). The Hall–Kier alpha value is -2.67. The van der Waals surface area contributed by atoms with Crippen LogP contribution in [0, 0.1) is 5.92 Å². The van der Waals surface area contributed by atoms with Gasteiger partial charge >= 0.3 is 0 Å². The SMILES string of the molecule is CC(C)CC(=O)Nc1ccc(NCc2nc(-c3ccsc3)no2)cc1. The molecule has 0 saturated carbocycles. The first-order chi connectivity index (χ1) is 12.1. The smallest absolute Gasteiger partial charge is 0.246 e. The summed E-state index contributed by atoms with van der Waals surface area (Å²) in [4.78, 5) is 16.1. The van der Waals surface area contributed by atoms with Gasteiger partial charge in [0.05, 0.1) is 6.54 Å². The van der Waals surface area contributed by atoms with Crippen molar-refractivity contribution in [2.75, 3.05) is 10.6 Å². The van der Waals surface area contributed by atoms with Crippen molar-refractivity contribution in [3.05, 3.63) is 47.0 Å². The molecule has 0 bridgehead atoms. The summed E-state index contributed by atoms with van der Waals surface area (Å²) in [7, 11) is 0. The Balaban J connectivity index is 1.53. The molecule has 130 valence electrons. The van der Waals surface area contributed by atoms with Crippen LogP contribution in [0.3, 0.4) is 0 Å². The lowest BCUT2D eigenvalue weighted by Crippen LogP contribution is -2.13. The van der Waals surface area contributed by atoms with E-state index in [9.17, 15) is 4.79 Å². The predicted molar refractivity (Wildman–Crippen MR) is 99.5 cm³/mol. The van der Waals surface area contributed by atoms with Crippen molar-refractivity contribution in [2.24, 2.45) is 5.92 Å². The molecule has 0 saturated heterocycles. The van der Waals surface area contributed by atoms with E-state index in [4.69, 9.17) is 4.52 Å². The molecule has 0 aliphatic carbocycles. The van der Waals surface area contributed by atoms with E-state index in [0.29, 0.717) is 30.6 Å². The van der Waals surface area contributed by atoms with Gasteiger partial charge in [-0.1, -0.05) is 19.0 Å². The maximum Gasteiger partial charge on any atom is 0.246 e. The van der Waals surface area contributed by atoms with Crippen LogP contribution in [0.4, 0.5) is 11.4 Å². The van der Waals surface area contributed by atoms with Gasteiger partial charge in [-0.05, 0) is 41.6 Å². The van der Waals surface area contributed by atoms with Crippen molar-refractivity contribution in [2.45, 2.75) is 26.8 Å². The number of rotatable bonds is 7. The first kappa shape index (κ1) is 17.2. The van der Waals surface area contributed by atoms with E-state index in [1.807, 2.05) is 54.9 Å². The minimum Gasteiger partial charge on any atom is -0.376 e. The lowest BCUT2D eigenvalue weighted by molar-refractivity contribution is -0.116. The van der Waals surface area contributed by atoms with E-state index < -0.39 is 0 Å². The molecule has 0 fully saturated rings. The van der Waals surface area contributed by atoms with Crippen LogP contribution in [0.2, 0.25) is 0 Å². The summed E-state index contributed by atoms with van der Waals surface area (Å²) in [5, 5.41) is 14.0. The zero-order valence-electron chi connectivity index (χ0n) is 14.2. The van der Waals surface area contributed by atoms with Crippen LogP contribution < -0.4 is 10.6 Å². The summed E-state index contributed by atoms with van der Waals surface area (Å²) in [6, 6.07) is 9.50. The van der Waals surface area contributed by atoms with Crippen LogP contribution in [-0.2, 0) is 11.3 Å². The third-order valence-corrected chi connectivity index (χ3v) is 4.14. The number of thiophene rings is 1. The normalized spacial score (nSPS) is 10.8. The number of hydrogen-bond acceptors (Lipinski definition) is 6. The maximum atomic E-state index is 11.8. The van der Waals surface area contributed by atoms with Crippen molar-refractivity contribution in [3.8, 4) is 11.4 Å². The van der Waals surface area contributed by atoms with Gasteiger partial charge in [-0.15, -0.1) is 0 Å². The average Bonchev–Trinajstić information content (AvgIpc) is 3.25. The monoisotopic (exact) mass is 356 g/mol. The molecule has 0 aliphatic rings. The molecule has 1 aromatic carbocycles. The molecule has 2 aromatic heterocycles. The van der Waals surface area contributed by atoms with E-state index in [2.05, 4.69) is 20.8 Å². The lowest BCUT2D eigenvalue weighted by Gasteiger charge is -2.08. The van der Waals surface area contributed by atoms with Gasteiger partial charge in [0.25, 0.3) is 0 Å². The Bertz CT molecular complexity index is 810. The van der Waals surface area contributed by atoms with Gasteiger partial charge in [0.2, 0.25) is 17.6 Å². The number of amides is 1. The van der Waals surface area contributed by atoms with E-state index in [1.165, 1.54) is 0 Å². The maximum absolute atomic E-state index is 11.8. The van der Waals surface area contributed by atoms with Crippen molar-refractivity contribution >= 4 is 28.6 Å². The van der Waals surface area contributed by atoms with Gasteiger partial charge < -0.3 is 15.2 Å². The number of carbonyl (C=O) groups is 1. The van der Waals surface area contributed by atoms with Crippen molar-refractivity contribution in [1.82, 2.24) is 10.1 Å². The van der Waals surface area contributed by atoms with Gasteiger partial charge in [-0.3, -0.25) is 4.79 Å². The molecule has 7 heteroatoms. The van der Waals surface area contributed by atoms with Crippen LogP contribution in [-0.4, -0.2) is 16.0 Å². The molecule has 6 nitrogen and oxygen atoms in total. The molecule has 0 radical (unpaired) electrons. The average molecular weight is 356 g/mol. The molecule has 25 heavy (non-hydrogen) atoms. The molecule has 2 N–H and O–H groups in total. The fourth-order valence-electron chi connectivity index (χ4n) is 2.27. The largest absolute Gasteiger partial charge is 0.376 e. The topological polar surface area (TPSA) is 80.0 Å². The van der Waals surface area contributed by atoms with Crippen molar-refractivity contribution in [3.63, 3.8) is 0 Å². The highest BCUT2D eigenvalue weighted by molar-refractivity contribution is 7.08. The zero-order valence-corrected chi connectivity index (χ0v) is 15.0. The molecule has 1 amide bonds. The predicted octanol–water partition coefficient (Wildman–Crippen LogP) is 4.39. The summed E-state index contributed by atoms with van der Waals surface area (Å²) in [6.45, 7) is 4.48. The van der Waals surface area contributed by atoms with E-state index in [0.717, 1.165) is 16.9 Å². The number of aromatic nitrogens is 2. The van der Waals surface area contributed by atoms with Gasteiger partial charge in [-0.25, -0.2) is 0 Å². The lowest BCUT2D eigenvalue weighted by atomic mass is 10.1. The Morgan fingerprint density at radius 3 is 2.64 bits per heavy atom. The third kappa shape index (κ3) is 4.90. The number of anilines is 2. The molecule has 0 atom stereocenters. The van der Waals surface area contributed by atoms with Crippen LogP contribution in [0.1, 0.15) is 26.2 Å². The molecular formula is C18H20N4O2S. The van der Waals surface area contributed by atoms with Crippen LogP contribution in [0.25, 0.3) is 11.4 Å². The first-order valence-corrected chi connectivity index (χ1v) is 9.03. The van der Waals surface area contributed by atoms with Crippen molar-refractivity contribution < 1.29 is 9.32 Å². The van der Waals surface area contributed by atoms with Gasteiger partial charge in [-0.2, -0.15) is 16.3 Å². The highest BCUT2D eigenvalue weighted by Crippen LogP contribution is 2.19. The minimum atomic E-state index is 0.0301. The number of nitrogens with zero attached hydrogens (tertiary/aromatic N) is 2. The summed E-state index contributed by atoms with van der Waals surface area (Å²) >= 11 is 1.60. The Morgan fingerprint density at radius 1 is 1.20 bits per heavy atom. The number of carbonyl (C=O) groups excluding carboxylic acids is 1. The fraction of sp³-hybridized carbons (Fsp3) is 0.278. The second-order valence-electron chi connectivity index (χ2n) is 6.10. The van der Waals surface area contributed by atoms with E-state index in [-0.39, 0.29) is 5.91 Å². The van der Waals surface area contributed by atoms with Gasteiger partial charge in [0, 0.05) is 28.7 Å². The van der Waals surface area contributed by atoms with Crippen molar-refractivity contribution in [1.29, 1.82) is 0 Å². The zero-order chi connectivity index (χ0) is 17.6. The Morgan fingerprint density at radius 2 is 1.96 bits per heavy atom. The fourth-order valence-corrected chi connectivity index (χ4v) is 2.90. The standard InChI is InChI=1S/C18H20N4O2S/c1-12(2)9-16(23)20-15-5-3-14(4-6-15)19-10-17-21-18(22-24-17)13-7-8-25-11-13/h3-8,11-12,19H,9-10H2,1-2H3,(H,20,23). The molecule has 0 spiro atoms. The van der Waals surface area contributed by atoms with E-state index >= 15 is 0 Å². The summed E-state index contributed by atoms with van der Waals surface area (Å²) < 4.78 is 5.25. The van der Waals surface area contributed by atoms with E-state index in [1.54, 1.807) is 11.3 Å². The number of nitrogens with one attached hydrogen (secondary N) is 2. The molecule has 2 heterocycles. The van der Waals surface area contributed by atoms with Gasteiger partial charge in [0.1, 0.15) is 0 Å². The Kier molecular flexibility index (Phi) is 5.45. The number of benzene rings is 1. The Labute approximate surface area is 150 Å². The summed E-state index contributed by atoms with van der Waals surface area (Å²) in [5.41, 5.74) is 2.66. The highest BCUT2D eigenvalue weighted by Gasteiger charge is 2.09. The summed E-state index contributed by atoms with van der Waals surface area (Å²) in [6.07, 6.45) is 0.517. The molecule has 0 aliphatic heterocycles. The molecular weight excluding hydrogens is 336 g/mol.